The smallest absolute Gasteiger partial charge is 0.314 e. The molecule has 22 heavy (non-hydrogen) atoms. The number of ether oxygens (including phenoxy) is 2. The second-order valence-electron chi connectivity index (χ2n) is 5.15. The van der Waals surface area contributed by atoms with Crippen molar-refractivity contribution in [3.05, 3.63) is 54.1 Å². The molecule has 0 aliphatic heterocycles. The first-order valence-corrected chi connectivity index (χ1v) is 7.32. The first-order valence-electron chi connectivity index (χ1n) is 7.32. The van der Waals surface area contributed by atoms with E-state index in [-0.39, 0.29) is 11.9 Å². The van der Waals surface area contributed by atoms with Crippen molar-refractivity contribution >= 4 is 11.7 Å². The molecule has 2 aromatic rings. The molecule has 0 aliphatic carbocycles. The van der Waals surface area contributed by atoms with Crippen LogP contribution in [0.3, 0.4) is 0 Å². The Morgan fingerprint density at radius 2 is 1.64 bits per heavy atom. The third kappa shape index (κ3) is 4.25. The summed E-state index contributed by atoms with van der Waals surface area (Å²) in [6.45, 7) is 1.98. The van der Waals surface area contributed by atoms with E-state index in [0.717, 1.165) is 23.4 Å². The SMILES string of the molecule is CCC(Cc1ccc(N)cc1)C(=O)Oc1ccc(OC)cc1. The minimum absolute atomic E-state index is 0.175. The topological polar surface area (TPSA) is 61.6 Å². The number of hydrogen-bond donors (Lipinski definition) is 1. The van der Waals surface area contributed by atoms with Crippen LogP contribution in [0.5, 0.6) is 11.5 Å². The molecule has 1 atom stereocenters. The van der Waals surface area contributed by atoms with Crippen LogP contribution < -0.4 is 15.2 Å². The zero-order chi connectivity index (χ0) is 15.9. The molecule has 0 spiro atoms. The predicted molar refractivity (Wildman–Crippen MR) is 87.0 cm³/mol. The number of carbonyl (C=O) groups excluding carboxylic acids is 1. The summed E-state index contributed by atoms with van der Waals surface area (Å²) < 4.78 is 10.5. The third-order valence-electron chi connectivity index (χ3n) is 3.57. The standard InChI is InChI=1S/C18H21NO3/c1-3-14(12-13-4-6-15(19)7-5-13)18(20)22-17-10-8-16(21-2)9-11-17/h4-11,14H,3,12,19H2,1-2H3. The normalized spacial score (nSPS) is 11.7. The van der Waals surface area contributed by atoms with Gasteiger partial charge in [-0.15, -0.1) is 0 Å². The van der Waals surface area contributed by atoms with Crippen molar-refractivity contribution in [3.63, 3.8) is 0 Å². The minimum Gasteiger partial charge on any atom is -0.497 e. The Balaban J connectivity index is 1.99. The Kier molecular flexibility index (Phi) is 5.42. The van der Waals surface area contributed by atoms with Crippen LogP contribution in [0.1, 0.15) is 18.9 Å². The van der Waals surface area contributed by atoms with Crippen molar-refractivity contribution in [2.45, 2.75) is 19.8 Å². The number of methoxy groups -OCH3 is 1. The second-order valence-corrected chi connectivity index (χ2v) is 5.15. The van der Waals surface area contributed by atoms with E-state index in [1.807, 2.05) is 31.2 Å². The number of carbonyl (C=O) groups is 1. The summed E-state index contributed by atoms with van der Waals surface area (Å²) in [6, 6.07) is 14.6. The van der Waals surface area contributed by atoms with Gasteiger partial charge in [0.25, 0.3) is 0 Å². The van der Waals surface area contributed by atoms with Gasteiger partial charge in [0.05, 0.1) is 13.0 Å². The average Bonchev–Trinajstić information content (AvgIpc) is 2.55. The number of benzene rings is 2. The van der Waals surface area contributed by atoms with Crippen molar-refractivity contribution in [2.75, 3.05) is 12.8 Å². The number of nitrogens with two attached hydrogens (primary N) is 1. The molecule has 116 valence electrons. The molecule has 0 saturated carbocycles. The van der Waals surface area contributed by atoms with Gasteiger partial charge in [-0.2, -0.15) is 0 Å². The zero-order valence-corrected chi connectivity index (χ0v) is 12.9. The quantitative estimate of drug-likeness (QED) is 0.504. The van der Waals surface area contributed by atoms with Crippen LogP contribution in [0.15, 0.2) is 48.5 Å². The monoisotopic (exact) mass is 299 g/mol. The third-order valence-corrected chi connectivity index (χ3v) is 3.57. The summed E-state index contributed by atoms with van der Waals surface area (Å²) in [5.41, 5.74) is 7.47. The lowest BCUT2D eigenvalue weighted by Crippen LogP contribution is -2.22. The maximum absolute atomic E-state index is 12.3. The van der Waals surface area contributed by atoms with Gasteiger partial charge in [0.15, 0.2) is 0 Å². The van der Waals surface area contributed by atoms with E-state index in [1.165, 1.54) is 0 Å². The molecule has 0 amide bonds. The Bertz CT molecular complexity index is 605. The molecule has 4 nitrogen and oxygen atoms in total. The highest BCUT2D eigenvalue weighted by Crippen LogP contribution is 2.20. The van der Waals surface area contributed by atoms with Crippen LogP contribution in [0.4, 0.5) is 5.69 Å². The van der Waals surface area contributed by atoms with E-state index in [0.29, 0.717) is 12.2 Å². The first-order chi connectivity index (χ1) is 10.6. The molecule has 0 fully saturated rings. The Morgan fingerprint density at radius 3 is 2.18 bits per heavy atom. The van der Waals surface area contributed by atoms with Gasteiger partial charge in [0.2, 0.25) is 0 Å². The summed E-state index contributed by atoms with van der Waals surface area (Å²) in [7, 11) is 1.60. The summed E-state index contributed by atoms with van der Waals surface area (Å²) in [6.07, 6.45) is 1.37. The molecule has 0 radical (unpaired) electrons. The highest BCUT2D eigenvalue weighted by atomic mass is 16.5. The maximum Gasteiger partial charge on any atom is 0.314 e. The summed E-state index contributed by atoms with van der Waals surface area (Å²) in [5.74, 6) is 0.866. The van der Waals surface area contributed by atoms with E-state index in [4.69, 9.17) is 15.2 Å². The number of rotatable bonds is 6. The van der Waals surface area contributed by atoms with Crippen LogP contribution in [0.25, 0.3) is 0 Å². The molecule has 1 unspecified atom stereocenters. The lowest BCUT2D eigenvalue weighted by atomic mass is 9.97. The summed E-state index contributed by atoms with van der Waals surface area (Å²) in [4.78, 5) is 12.3. The number of esters is 1. The highest BCUT2D eigenvalue weighted by molar-refractivity contribution is 5.75. The predicted octanol–water partition coefficient (Wildman–Crippen LogP) is 3.45. The molecule has 0 aliphatic rings. The van der Waals surface area contributed by atoms with Crippen molar-refractivity contribution in [1.82, 2.24) is 0 Å². The number of anilines is 1. The van der Waals surface area contributed by atoms with Crippen molar-refractivity contribution in [3.8, 4) is 11.5 Å². The molecule has 2 rings (SSSR count). The molecule has 0 aromatic heterocycles. The van der Waals surface area contributed by atoms with E-state index >= 15 is 0 Å². The lowest BCUT2D eigenvalue weighted by Gasteiger charge is -2.14. The molecule has 4 heteroatoms. The van der Waals surface area contributed by atoms with Crippen LogP contribution in [0.2, 0.25) is 0 Å². The van der Waals surface area contributed by atoms with Gasteiger partial charge in [-0.05, 0) is 54.8 Å². The maximum atomic E-state index is 12.3. The molecule has 2 aromatic carbocycles. The van der Waals surface area contributed by atoms with E-state index in [2.05, 4.69) is 0 Å². The molecular weight excluding hydrogens is 278 g/mol. The van der Waals surface area contributed by atoms with Crippen LogP contribution in [-0.4, -0.2) is 13.1 Å². The van der Waals surface area contributed by atoms with Gasteiger partial charge >= 0.3 is 5.97 Å². The fraction of sp³-hybridized carbons (Fsp3) is 0.278. The van der Waals surface area contributed by atoms with Gasteiger partial charge in [0, 0.05) is 5.69 Å². The van der Waals surface area contributed by atoms with E-state index in [9.17, 15) is 4.79 Å². The zero-order valence-electron chi connectivity index (χ0n) is 12.9. The van der Waals surface area contributed by atoms with Crippen molar-refractivity contribution in [2.24, 2.45) is 5.92 Å². The molecule has 2 N–H and O–H groups in total. The van der Waals surface area contributed by atoms with Gasteiger partial charge < -0.3 is 15.2 Å². The summed E-state index contributed by atoms with van der Waals surface area (Å²) >= 11 is 0. The minimum atomic E-state index is -0.218. The average molecular weight is 299 g/mol. The van der Waals surface area contributed by atoms with E-state index < -0.39 is 0 Å². The lowest BCUT2D eigenvalue weighted by molar-refractivity contribution is -0.139. The number of nitrogen functional groups attached to an aromatic ring is 1. The Morgan fingerprint density at radius 1 is 1.05 bits per heavy atom. The molecular formula is C18H21NO3. The Hall–Kier alpha value is -2.49. The molecule has 0 saturated heterocycles. The molecule has 0 bridgehead atoms. The second kappa shape index (κ2) is 7.50. The highest BCUT2D eigenvalue weighted by Gasteiger charge is 2.19. The number of hydrogen-bond acceptors (Lipinski definition) is 4. The Labute approximate surface area is 130 Å². The van der Waals surface area contributed by atoms with Crippen molar-refractivity contribution in [1.29, 1.82) is 0 Å². The fourth-order valence-corrected chi connectivity index (χ4v) is 2.18. The van der Waals surface area contributed by atoms with Crippen molar-refractivity contribution < 1.29 is 14.3 Å². The van der Waals surface area contributed by atoms with Gasteiger partial charge in [-0.3, -0.25) is 4.79 Å². The van der Waals surface area contributed by atoms with Crippen LogP contribution >= 0.6 is 0 Å². The van der Waals surface area contributed by atoms with E-state index in [1.54, 1.807) is 31.4 Å². The largest absolute Gasteiger partial charge is 0.497 e. The van der Waals surface area contributed by atoms with Gasteiger partial charge in [-0.1, -0.05) is 19.1 Å². The van der Waals surface area contributed by atoms with Gasteiger partial charge in [0.1, 0.15) is 11.5 Å². The fourth-order valence-electron chi connectivity index (χ4n) is 2.18. The molecule has 0 heterocycles. The first kappa shape index (κ1) is 15.9. The van der Waals surface area contributed by atoms with Gasteiger partial charge in [-0.25, -0.2) is 0 Å². The van der Waals surface area contributed by atoms with Crippen LogP contribution in [0, 0.1) is 5.92 Å². The van der Waals surface area contributed by atoms with Crippen LogP contribution in [-0.2, 0) is 11.2 Å². The summed E-state index contributed by atoms with van der Waals surface area (Å²) in [5, 5.41) is 0.